The van der Waals surface area contributed by atoms with Crippen LogP contribution in [0.4, 0.5) is 0 Å². The number of halogens is 1. The van der Waals surface area contributed by atoms with Crippen LogP contribution >= 0.6 is 11.6 Å². The normalized spacial score (nSPS) is 25.6. The fourth-order valence-corrected chi connectivity index (χ4v) is 2.42. The number of benzene rings is 1. The van der Waals surface area contributed by atoms with Crippen molar-refractivity contribution in [3.05, 3.63) is 35.4 Å². The lowest BCUT2D eigenvalue weighted by Gasteiger charge is -2.27. The molecule has 0 radical (unpaired) electrons. The van der Waals surface area contributed by atoms with Crippen LogP contribution in [0.2, 0.25) is 0 Å². The number of hydrogen-bond acceptors (Lipinski definition) is 1. The topological polar surface area (TPSA) is 9.23 Å². The summed E-state index contributed by atoms with van der Waals surface area (Å²) in [5.74, 6) is 0.475. The lowest BCUT2D eigenvalue weighted by molar-refractivity contribution is 0.0578. The predicted octanol–water partition coefficient (Wildman–Crippen LogP) is 3.44. The predicted molar refractivity (Wildman–Crippen MR) is 68.1 cm³/mol. The van der Waals surface area contributed by atoms with E-state index in [0.29, 0.717) is 5.92 Å². The van der Waals surface area contributed by atoms with Crippen LogP contribution in [0.1, 0.15) is 24.5 Å². The molecule has 0 amide bonds. The van der Waals surface area contributed by atoms with Gasteiger partial charge in [-0.05, 0) is 30.4 Å². The summed E-state index contributed by atoms with van der Waals surface area (Å²) in [6.07, 6.45) is 3.13. The largest absolute Gasteiger partial charge is 0.381 e. The quantitative estimate of drug-likeness (QED) is 0.734. The minimum Gasteiger partial charge on any atom is -0.381 e. The van der Waals surface area contributed by atoms with E-state index in [-0.39, 0.29) is 5.38 Å². The third-order valence-corrected chi connectivity index (χ3v) is 3.89. The smallest absolute Gasteiger partial charge is 0.0511 e. The first-order valence-corrected chi connectivity index (χ1v) is 6.53. The average Bonchev–Trinajstić information content (AvgIpc) is 2.33. The van der Waals surface area contributed by atoms with Crippen molar-refractivity contribution < 1.29 is 4.74 Å². The molecule has 1 fully saturated rings. The zero-order chi connectivity index (χ0) is 11.4. The second-order valence-corrected chi connectivity index (χ2v) is 5.07. The Balaban J connectivity index is 1.96. The first kappa shape index (κ1) is 11.9. The number of rotatable bonds is 3. The molecule has 1 heterocycles. The van der Waals surface area contributed by atoms with E-state index < -0.39 is 0 Å². The third kappa shape index (κ3) is 2.99. The second kappa shape index (κ2) is 5.70. The van der Waals surface area contributed by atoms with Crippen LogP contribution in [0.25, 0.3) is 0 Å². The molecular formula is C14H19ClO. The van der Waals surface area contributed by atoms with Gasteiger partial charge in [-0.15, -0.1) is 11.6 Å². The second-order valence-electron chi connectivity index (χ2n) is 4.51. The van der Waals surface area contributed by atoms with Crippen molar-refractivity contribution in [2.75, 3.05) is 13.2 Å². The highest BCUT2D eigenvalue weighted by molar-refractivity contribution is 6.20. The molecular weight excluding hydrogens is 220 g/mol. The molecule has 1 aliphatic rings. The maximum atomic E-state index is 6.31. The highest BCUT2D eigenvalue weighted by Crippen LogP contribution is 2.24. The molecule has 1 aromatic carbocycles. The van der Waals surface area contributed by atoms with Crippen molar-refractivity contribution >= 4 is 11.6 Å². The third-order valence-electron chi connectivity index (χ3n) is 3.31. The minimum absolute atomic E-state index is 0.277. The van der Waals surface area contributed by atoms with Gasteiger partial charge >= 0.3 is 0 Å². The average molecular weight is 239 g/mol. The molecule has 2 atom stereocenters. The zero-order valence-corrected chi connectivity index (χ0v) is 10.5. The first-order chi connectivity index (χ1) is 7.79. The molecule has 0 aliphatic carbocycles. The molecule has 88 valence electrons. The van der Waals surface area contributed by atoms with Gasteiger partial charge < -0.3 is 4.74 Å². The summed E-state index contributed by atoms with van der Waals surface area (Å²) in [4.78, 5) is 0. The molecule has 0 N–H and O–H groups in total. The van der Waals surface area contributed by atoms with Gasteiger partial charge in [0.15, 0.2) is 0 Å². The monoisotopic (exact) mass is 238 g/mol. The molecule has 0 aromatic heterocycles. The van der Waals surface area contributed by atoms with Gasteiger partial charge in [0.2, 0.25) is 0 Å². The summed E-state index contributed by atoms with van der Waals surface area (Å²) in [5, 5.41) is 0.277. The Bertz CT molecular complexity index is 320. The molecule has 2 unspecified atom stereocenters. The van der Waals surface area contributed by atoms with E-state index in [9.17, 15) is 0 Å². The SMILES string of the molecule is CCc1ccc(CC2COCCC2Cl)cc1. The highest BCUT2D eigenvalue weighted by Gasteiger charge is 2.23. The van der Waals surface area contributed by atoms with Crippen LogP contribution in [0.5, 0.6) is 0 Å². The van der Waals surface area contributed by atoms with Gasteiger partial charge in [-0.3, -0.25) is 0 Å². The van der Waals surface area contributed by atoms with Crippen molar-refractivity contribution in [2.24, 2.45) is 5.92 Å². The van der Waals surface area contributed by atoms with Gasteiger partial charge in [0.05, 0.1) is 6.61 Å². The number of alkyl halides is 1. The summed E-state index contributed by atoms with van der Waals surface area (Å²) in [5.41, 5.74) is 2.77. The molecule has 2 rings (SSSR count). The van der Waals surface area contributed by atoms with Crippen LogP contribution in [-0.4, -0.2) is 18.6 Å². The van der Waals surface area contributed by atoms with E-state index in [2.05, 4.69) is 31.2 Å². The van der Waals surface area contributed by atoms with Gasteiger partial charge in [-0.1, -0.05) is 31.2 Å². The molecule has 1 aromatic rings. The Labute approximate surface area is 103 Å². The van der Waals surface area contributed by atoms with E-state index in [1.54, 1.807) is 0 Å². The van der Waals surface area contributed by atoms with E-state index in [4.69, 9.17) is 16.3 Å². The van der Waals surface area contributed by atoms with Crippen LogP contribution in [0, 0.1) is 5.92 Å². The number of ether oxygens (including phenoxy) is 1. The Morgan fingerprint density at radius 3 is 2.56 bits per heavy atom. The summed E-state index contributed by atoms with van der Waals surface area (Å²) in [6, 6.07) is 8.86. The molecule has 16 heavy (non-hydrogen) atoms. The maximum absolute atomic E-state index is 6.31. The van der Waals surface area contributed by atoms with Crippen molar-refractivity contribution in [1.82, 2.24) is 0 Å². The van der Waals surface area contributed by atoms with E-state index >= 15 is 0 Å². The van der Waals surface area contributed by atoms with Gasteiger partial charge in [-0.2, -0.15) is 0 Å². The Morgan fingerprint density at radius 1 is 1.25 bits per heavy atom. The fourth-order valence-electron chi connectivity index (χ4n) is 2.17. The molecule has 0 bridgehead atoms. The summed E-state index contributed by atoms with van der Waals surface area (Å²) < 4.78 is 5.49. The van der Waals surface area contributed by atoms with Crippen molar-refractivity contribution in [3.63, 3.8) is 0 Å². The molecule has 0 spiro atoms. The van der Waals surface area contributed by atoms with Crippen molar-refractivity contribution in [3.8, 4) is 0 Å². The highest BCUT2D eigenvalue weighted by atomic mass is 35.5. The molecule has 1 aliphatic heterocycles. The van der Waals surface area contributed by atoms with Crippen LogP contribution < -0.4 is 0 Å². The number of aryl methyl sites for hydroxylation is 1. The summed E-state index contributed by atoms with van der Waals surface area (Å²) >= 11 is 6.31. The summed E-state index contributed by atoms with van der Waals surface area (Å²) in [6.45, 7) is 3.81. The van der Waals surface area contributed by atoms with Gasteiger partial charge in [0.1, 0.15) is 0 Å². The standard InChI is InChI=1S/C14H19ClO/c1-2-11-3-5-12(6-4-11)9-13-10-16-8-7-14(13)15/h3-6,13-14H,2,7-10H2,1H3. The molecule has 1 nitrogen and oxygen atoms in total. The van der Waals surface area contributed by atoms with Crippen LogP contribution in [0.15, 0.2) is 24.3 Å². The van der Waals surface area contributed by atoms with Crippen molar-refractivity contribution in [2.45, 2.75) is 31.6 Å². The molecule has 1 saturated heterocycles. The fraction of sp³-hybridized carbons (Fsp3) is 0.571. The van der Waals surface area contributed by atoms with Crippen molar-refractivity contribution in [1.29, 1.82) is 0 Å². The minimum atomic E-state index is 0.277. The first-order valence-electron chi connectivity index (χ1n) is 6.09. The molecule has 0 saturated carbocycles. The zero-order valence-electron chi connectivity index (χ0n) is 9.79. The van der Waals surface area contributed by atoms with Gasteiger partial charge in [0.25, 0.3) is 0 Å². The lowest BCUT2D eigenvalue weighted by Crippen LogP contribution is -2.29. The maximum Gasteiger partial charge on any atom is 0.0511 e. The Kier molecular flexibility index (Phi) is 4.25. The van der Waals surface area contributed by atoms with Gasteiger partial charge in [-0.25, -0.2) is 0 Å². The Hall–Kier alpha value is -0.530. The molecule has 2 heteroatoms. The van der Waals surface area contributed by atoms with E-state index in [1.807, 2.05) is 0 Å². The summed E-state index contributed by atoms with van der Waals surface area (Å²) in [7, 11) is 0. The van der Waals surface area contributed by atoms with Crippen LogP contribution in [0.3, 0.4) is 0 Å². The number of hydrogen-bond donors (Lipinski definition) is 0. The van der Waals surface area contributed by atoms with E-state index in [0.717, 1.165) is 32.5 Å². The van der Waals surface area contributed by atoms with Crippen LogP contribution in [-0.2, 0) is 17.6 Å². The van der Waals surface area contributed by atoms with E-state index in [1.165, 1.54) is 11.1 Å². The Morgan fingerprint density at radius 2 is 1.94 bits per heavy atom. The van der Waals surface area contributed by atoms with Gasteiger partial charge in [0, 0.05) is 17.9 Å². The lowest BCUT2D eigenvalue weighted by atomic mass is 9.93.